The summed E-state index contributed by atoms with van der Waals surface area (Å²) in [5, 5.41) is 9.56. The van der Waals surface area contributed by atoms with Crippen LogP contribution in [0.4, 0.5) is 0 Å². The van der Waals surface area contributed by atoms with Crippen molar-refractivity contribution in [2.75, 3.05) is 6.54 Å². The molecule has 0 spiro atoms. The smallest absolute Gasteiger partial charge is 0.120 e. The maximum atomic E-state index is 9.56. The molecule has 0 bridgehead atoms. The Balaban J connectivity index is 2.73. The van der Waals surface area contributed by atoms with Gasteiger partial charge in [-0.3, -0.25) is 4.90 Å². The molecule has 19 heavy (non-hydrogen) atoms. The van der Waals surface area contributed by atoms with Gasteiger partial charge in [0.25, 0.3) is 0 Å². The van der Waals surface area contributed by atoms with E-state index in [0.717, 1.165) is 12.3 Å². The minimum absolute atomic E-state index is 0.189. The summed E-state index contributed by atoms with van der Waals surface area (Å²) in [6.45, 7) is 11.7. The van der Waals surface area contributed by atoms with Crippen molar-refractivity contribution >= 4 is 0 Å². The summed E-state index contributed by atoms with van der Waals surface area (Å²) in [7, 11) is 0. The van der Waals surface area contributed by atoms with Gasteiger partial charge in [-0.25, -0.2) is 0 Å². The van der Waals surface area contributed by atoms with E-state index in [1.165, 1.54) is 5.56 Å². The summed E-state index contributed by atoms with van der Waals surface area (Å²) in [5.41, 5.74) is 1.22. The van der Waals surface area contributed by atoms with Gasteiger partial charge in [0.2, 0.25) is 0 Å². The first kappa shape index (κ1) is 16.0. The molecule has 0 aromatic heterocycles. The quantitative estimate of drug-likeness (QED) is 0.822. The van der Waals surface area contributed by atoms with Crippen molar-refractivity contribution in [1.82, 2.24) is 4.90 Å². The van der Waals surface area contributed by atoms with Gasteiger partial charge >= 0.3 is 0 Å². The molecule has 1 rings (SSSR count). The molecule has 0 aliphatic rings. The van der Waals surface area contributed by atoms with Crippen molar-refractivity contribution in [2.45, 2.75) is 59.4 Å². The zero-order valence-electron chi connectivity index (χ0n) is 12.8. The zero-order valence-corrected chi connectivity index (χ0v) is 12.8. The van der Waals surface area contributed by atoms with E-state index in [0.29, 0.717) is 12.6 Å². The van der Waals surface area contributed by atoms with Crippen LogP contribution in [0.1, 0.15) is 40.2 Å². The van der Waals surface area contributed by atoms with E-state index >= 15 is 0 Å². The molecule has 0 heterocycles. The Labute approximate surface area is 117 Å². The Bertz CT molecular complexity index is 375. The van der Waals surface area contributed by atoms with Crippen molar-refractivity contribution in [2.24, 2.45) is 0 Å². The number of hydrogen-bond donors (Lipinski definition) is 1. The van der Waals surface area contributed by atoms with E-state index in [-0.39, 0.29) is 12.2 Å². The van der Waals surface area contributed by atoms with Crippen LogP contribution in [0, 0.1) is 0 Å². The lowest BCUT2D eigenvalue weighted by atomic mass is 10.1. The highest BCUT2D eigenvalue weighted by atomic mass is 16.5. The third-order valence-corrected chi connectivity index (χ3v) is 2.88. The second-order valence-electron chi connectivity index (χ2n) is 5.69. The van der Waals surface area contributed by atoms with Crippen LogP contribution in [0.15, 0.2) is 24.3 Å². The van der Waals surface area contributed by atoms with Crippen LogP contribution in [-0.4, -0.2) is 34.8 Å². The first-order valence-corrected chi connectivity index (χ1v) is 7.06. The summed E-state index contributed by atoms with van der Waals surface area (Å²) in [6.07, 6.45) is -0.119. The molecule has 1 aromatic carbocycles. The van der Waals surface area contributed by atoms with E-state index in [4.69, 9.17) is 4.74 Å². The van der Waals surface area contributed by atoms with Crippen molar-refractivity contribution in [1.29, 1.82) is 0 Å². The fourth-order valence-corrected chi connectivity index (χ4v) is 2.02. The normalized spacial score (nSPS) is 13.3. The molecule has 0 saturated heterocycles. The molecule has 1 N–H and O–H groups in total. The molecular formula is C16H27NO2. The summed E-state index contributed by atoms with van der Waals surface area (Å²) in [6, 6.07) is 8.60. The van der Waals surface area contributed by atoms with Gasteiger partial charge in [0.05, 0.1) is 12.2 Å². The van der Waals surface area contributed by atoms with Crippen LogP contribution in [-0.2, 0) is 6.54 Å². The second kappa shape index (κ2) is 7.51. The highest BCUT2D eigenvalue weighted by Crippen LogP contribution is 2.17. The molecule has 3 heteroatoms. The summed E-state index contributed by atoms with van der Waals surface area (Å²) < 4.78 is 5.71. The van der Waals surface area contributed by atoms with E-state index in [9.17, 15) is 5.11 Å². The SMILES string of the molecule is CC(O)CN(Cc1cccc(OC(C)C)c1)C(C)C. The van der Waals surface area contributed by atoms with Crippen LogP contribution < -0.4 is 4.74 Å². The molecule has 0 fully saturated rings. The predicted molar refractivity (Wildman–Crippen MR) is 79.4 cm³/mol. The molecule has 3 nitrogen and oxygen atoms in total. The minimum Gasteiger partial charge on any atom is -0.491 e. The van der Waals surface area contributed by atoms with Crippen LogP contribution in [0.5, 0.6) is 5.75 Å². The molecule has 1 atom stereocenters. The highest BCUT2D eigenvalue weighted by molar-refractivity contribution is 5.28. The first-order chi connectivity index (χ1) is 8.88. The fourth-order valence-electron chi connectivity index (χ4n) is 2.02. The second-order valence-corrected chi connectivity index (χ2v) is 5.69. The first-order valence-electron chi connectivity index (χ1n) is 7.06. The minimum atomic E-state index is -0.308. The molecule has 1 aromatic rings. The molecule has 0 radical (unpaired) electrons. The standard InChI is InChI=1S/C16H27NO2/c1-12(2)17(10-14(5)18)11-15-7-6-8-16(9-15)19-13(3)4/h6-9,12-14,18H,10-11H2,1-5H3. The lowest BCUT2D eigenvalue weighted by molar-refractivity contribution is 0.103. The van der Waals surface area contributed by atoms with Crippen molar-refractivity contribution in [3.63, 3.8) is 0 Å². The average Bonchev–Trinajstić information content (AvgIpc) is 2.26. The lowest BCUT2D eigenvalue weighted by Crippen LogP contribution is -2.36. The van der Waals surface area contributed by atoms with Crippen LogP contribution in [0.25, 0.3) is 0 Å². The Morgan fingerprint density at radius 2 is 1.84 bits per heavy atom. The fraction of sp³-hybridized carbons (Fsp3) is 0.625. The van der Waals surface area contributed by atoms with Crippen LogP contribution in [0.3, 0.4) is 0 Å². The molecule has 0 aliphatic heterocycles. The zero-order chi connectivity index (χ0) is 14.4. The van der Waals surface area contributed by atoms with Crippen LogP contribution >= 0.6 is 0 Å². The average molecular weight is 265 g/mol. The highest BCUT2D eigenvalue weighted by Gasteiger charge is 2.13. The summed E-state index contributed by atoms with van der Waals surface area (Å²) in [4.78, 5) is 2.26. The number of benzene rings is 1. The third-order valence-electron chi connectivity index (χ3n) is 2.88. The van der Waals surface area contributed by atoms with Gasteiger partial charge in [-0.15, -0.1) is 0 Å². The topological polar surface area (TPSA) is 32.7 Å². The van der Waals surface area contributed by atoms with E-state index in [1.807, 2.05) is 32.9 Å². The van der Waals surface area contributed by atoms with Gasteiger partial charge in [-0.1, -0.05) is 12.1 Å². The third kappa shape index (κ3) is 6.08. The van der Waals surface area contributed by atoms with E-state index in [1.54, 1.807) is 0 Å². The Hall–Kier alpha value is -1.06. The number of rotatable bonds is 7. The lowest BCUT2D eigenvalue weighted by Gasteiger charge is -2.28. The van der Waals surface area contributed by atoms with E-state index < -0.39 is 0 Å². The number of aliphatic hydroxyl groups is 1. The maximum absolute atomic E-state index is 9.56. The van der Waals surface area contributed by atoms with Gasteiger partial charge in [0.15, 0.2) is 0 Å². The molecule has 1 unspecified atom stereocenters. The number of aliphatic hydroxyl groups excluding tert-OH is 1. The molecule has 0 saturated carbocycles. The predicted octanol–water partition coefficient (Wildman–Crippen LogP) is 3.07. The number of hydrogen-bond acceptors (Lipinski definition) is 3. The Kier molecular flexibility index (Phi) is 6.32. The number of ether oxygens (including phenoxy) is 1. The van der Waals surface area contributed by atoms with Gasteiger partial charge in [0, 0.05) is 19.1 Å². The van der Waals surface area contributed by atoms with Gasteiger partial charge < -0.3 is 9.84 Å². The van der Waals surface area contributed by atoms with Gasteiger partial charge in [-0.05, 0) is 52.3 Å². The van der Waals surface area contributed by atoms with Gasteiger partial charge in [-0.2, -0.15) is 0 Å². The van der Waals surface area contributed by atoms with E-state index in [2.05, 4.69) is 30.9 Å². The van der Waals surface area contributed by atoms with Crippen LogP contribution in [0.2, 0.25) is 0 Å². The number of nitrogens with zero attached hydrogens (tertiary/aromatic N) is 1. The molecule has 0 amide bonds. The maximum Gasteiger partial charge on any atom is 0.120 e. The molecule has 0 aliphatic carbocycles. The van der Waals surface area contributed by atoms with Crippen molar-refractivity contribution in [3.8, 4) is 5.75 Å². The van der Waals surface area contributed by atoms with Crippen molar-refractivity contribution < 1.29 is 9.84 Å². The largest absolute Gasteiger partial charge is 0.491 e. The van der Waals surface area contributed by atoms with Crippen molar-refractivity contribution in [3.05, 3.63) is 29.8 Å². The summed E-state index contributed by atoms with van der Waals surface area (Å²) in [5.74, 6) is 0.910. The Morgan fingerprint density at radius 3 is 2.37 bits per heavy atom. The monoisotopic (exact) mass is 265 g/mol. The Morgan fingerprint density at radius 1 is 1.16 bits per heavy atom. The van der Waals surface area contributed by atoms with Gasteiger partial charge in [0.1, 0.15) is 5.75 Å². The molecular weight excluding hydrogens is 238 g/mol. The summed E-state index contributed by atoms with van der Waals surface area (Å²) >= 11 is 0. The molecule has 108 valence electrons.